The Morgan fingerprint density at radius 1 is 1.00 bits per heavy atom. The van der Waals surface area contributed by atoms with E-state index in [9.17, 15) is 5.11 Å². The molecule has 0 heterocycles. The minimum atomic E-state index is -0.502. The van der Waals surface area contributed by atoms with Gasteiger partial charge in [-0.25, -0.2) is 0 Å². The third-order valence-corrected chi connectivity index (χ3v) is 4.24. The van der Waals surface area contributed by atoms with Crippen LogP contribution < -0.4 is 0 Å². The quantitative estimate of drug-likeness (QED) is 0.879. The Bertz CT molecular complexity index is 600. The third kappa shape index (κ3) is 2.64. The summed E-state index contributed by atoms with van der Waals surface area (Å²) in [5.41, 5.74) is 6.23. The maximum atomic E-state index is 10.6. The minimum Gasteiger partial charge on any atom is -0.384 e. The Kier molecular flexibility index (Phi) is 3.88. The molecule has 0 saturated carbocycles. The lowest BCUT2D eigenvalue weighted by Gasteiger charge is -2.14. The van der Waals surface area contributed by atoms with Crippen LogP contribution in [0, 0.1) is 0 Å². The zero-order valence-corrected chi connectivity index (χ0v) is 12.1. The van der Waals surface area contributed by atoms with Gasteiger partial charge in [0.2, 0.25) is 0 Å². The molecule has 1 heteroatoms. The van der Waals surface area contributed by atoms with Gasteiger partial charge in [-0.3, -0.25) is 0 Å². The van der Waals surface area contributed by atoms with E-state index in [0.29, 0.717) is 0 Å². The SMILES string of the molecule is CCCc1cccc(C(O)c2ccc3c(c2)CCC3)c1. The van der Waals surface area contributed by atoms with Gasteiger partial charge < -0.3 is 5.11 Å². The molecular formula is C19H22O. The molecule has 1 nitrogen and oxygen atoms in total. The Hall–Kier alpha value is -1.60. The summed E-state index contributed by atoms with van der Waals surface area (Å²) >= 11 is 0. The number of hydrogen-bond donors (Lipinski definition) is 1. The largest absolute Gasteiger partial charge is 0.384 e. The molecule has 1 unspecified atom stereocenters. The molecule has 3 rings (SSSR count). The van der Waals surface area contributed by atoms with Crippen LogP contribution in [0.15, 0.2) is 42.5 Å². The first-order chi connectivity index (χ1) is 9.78. The second-order valence-corrected chi connectivity index (χ2v) is 5.78. The predicted molar refractivity (Wildman–Crippen MR) is 83.0 cm³/mol. The van der Waals surface area contributed by atoms with Crippen LogP contribution in [0.2, 0.25) is 0 Å². The lowest BCUT2D eigenvalue weighted by molar-refractivity contribution is 0.220. The van der Waals surface area contributed by atoms with Gasteiger partial charge in [0.15, 0.2) is 0 Å². The van der Waals surface area contributed by atoms with E-state index in [2.05, 4.69) is 43.3 Å². The normalized spacial score (nSPS) is 15.1. The smallest absolute Gasteiger partial charge is 0.104 e. The van der Waals surface area contributed by atoms with Crippen molar-refractivity contribution in [2.75, 3.05) is 0 Å². The van der Waals surface area contributed by atoms with Crippen molar-refractivity contribution in [3.8, 4) is 0 Å². The summed E-state index contributed by atoms with van der Waals surface area (Å²) in [7, 11) is 0. The molecule has 0 fully saturated rings. The Morgan fingerprint density at radius 2 is 1.80 bits per heavy atom. The van der Waals surface area contributed by atoms with Crippen LogP contribution in [0.5, 0.6) is 0 Å². The molecule has 0 amide bonds. The number of rotatable bonds is 4. The molecular weight excluding hydrogens is 244 g/mol. The second kappa shape index (κ2) is 5.80. The topological polar surface area (TPSA) is 20.2 Å². The van der Waals surface area contributed by atoms with Crippen molar-refractivity contribution in [1.29, 1.82) is 0 Å². The van der Waals surface area contributed by atoms with Crippen LogP contribution in [0.4, 0.5) is 0 Å². The van der Waals surface area contributed by atoms with Gasteiger partial charge in [0, 0.05) is 0 Å². The van der Waals surface area contributed by atoms with Gasteiger partial charge in [0.05, 0.1) is 0 Å². The highest BCUT2D eigenvalue weighted by Gasteiger charge is 2.15. The second-order valence-electron chi connectivity index (χ2n) is 5.78. The lowest BCUT2D eigenvalue weighted by Crippen LogP contribution is -2.01. The molecule has 2 aromatic carbocycles. The van der Waals surface area contributed by atoms with E-state index in [1.54, 1.807) is 0 Å². The average molecular weight is 266 g/mol. The maximum absolute atomic E-state index is 10.6. The highest BCUT2D eigenvalue weighted by molar-refractivity contribution is 5.39. The monoisotopic (exact) mass is 266 g/mol. The molecule has 2 aromatic rings. The highest BCUT2D eigenvalue weighted by Crippen LogP contribution is 2.28. The van der Waals surface area contributed by atoms with Crippen LogP contribution in [0.25, 0.3) is 0 Å². The first-order valence-corrected chi connectivity index (χ1v) is 7.66. The van der Waals surface area contributed by atoms with Crippen LogP contribution in [-0.2, 0) is 19.3 Å². The van der Waals surface area contributed by atoms with Crippen LogP contribution in [-0.4, -0.2) is 5.11 Å². The molecule has 0 bridgehead atoms. The van der Waals surface area contributed by atoms with Crippen molar-refractivity contribution >= 4 is 0 Å². The number of aliphatic hydroxyl groups excluding tert-OH is 1. The molecule has 0 aromatic heterocycles. The number of aryl methyl sites for hydroxylation is 3. The fourth-order valence-electron chi connectivity index (χ4n) is 3.16. The van der Waals surface area contributed by atoms with E-state index < -0.39 is 6.10 Å². The first-order valence-electron chi connectivity index (χ1n) is 7.66. The van der Waals surface area contributed by atoms with Gasteiger partial charge in [0.1, 0.15) is 6.10 Å². The summed E-state index contributed by atoms with van der Waals surface area (Å²) in [6, 6.07) is 14.8. The van der Waals surface area contributed by atoms with Gasteiger partial charge in [0.25, 0.3) is 0 Å². The van der Waals surface area contributed by atoms with Crippen molar-refractivity contribution in [3.05, 3.63) is 70.3 Å². The Labute approximate surface area is 121 Å². The summed E-state index contributed by atoms with van der Waals surface area (Å²) in [5.74, 6) is 0. The van der Waals surface area contributed by atoms with E-state index in [1.165, 1.54) is 29.5 Å². The standard InChI is InChI=1S/C19H22O/c1-2-5-14-6-3-9-17(12-14)19(20)18-11-10-15-7-4-8-16(15)13-18/h3,6,9-13,19-20H,2,4-5,7-8H2,1H3. The minimum absolute atomic E-state index is 0.502. The van der Waals surface area contributed by atoms with Gasteiger partial charge in [-0.15, -0.1) is 0 Å². The van der Waals surface area contributed by atoms with E-state index in [4.69, 9.17) is 0 Å². The first kappa shape index (κ1) is 13.4. The van der Waals surface area contributed by atoms with Crippen molar-refractivity contribution in [2.24, 2.45) is 0 Å². The summed E-state index contributed by atoms with van der Waals surface area (Å²) in [6.07, 6.45) is 5.31. The molecule has 1 aliphatic rings. The summed E-state index contributed by atoms with van der Waals surface area (Å²) in [4.78, 5) is 0. The van der Waals surface area contributed by atoms with E-state index >= 15 is 0 Å². The highest BCUT2D eigenvalue weighted by atomic mass is 16.3. The van der Waals surface area contributed by atoms with Crippen molar-refractivity contribution in [1.82, 2.24) is 0 Å². The van der Waals surface area contributed by atoms with Gasteiger partial charge in [-0.2, -0.15) is 0 Å². The molecule has 0 spiro atoms. The zero-order valence-electron chi connectivity index (χ0n) is 12.1. The summed E-state index contributed by atoms with van der Waals surface area (Å²) in [6.45, 7) is 2.18. The average Bonchev–Trinajstić information content (AvgIpc) is 2.94. The number of fused-ring (bicyclic) bond motifs is 1. The van der Waals surface area contributed by atoms with Crippen molar-refractivity contribution in [2.45, 2.75) is 45.1 Å². The lowest BCUT2D eigenvalue weighted by atomic mass is 9.96. The predicted octanol–water partition coefficient (Wildman–Crippen LogP) is 4.21. The summed E-state index contributed by atoms with van der Waals surface area (Å²) < 4.78 is 0. The molecule has 20 heavy (non-hydrogen) atoms. The number of hydrogen-bond acceptors (Lipinski definition) is 1. The fourth-order valence-corrected chi connectivity index (χ4v) is 3.16. The van der Waals surface area contributed by atoms with Crippen LogP contribution in [0.3, 0.4) is 0 Å². The molecule has 1 atom stereocenters. The van der Waals surface area contributed by atoms with Gasteiger partial charge >= 0.3 is 0 Å². The van der Waals surface area contributed by atoms with E-state index in [1.807, 2.05) is 6.07 Å². The molecule has 0 saturated heterocycles. The van der Waals surface area contributed by atoms with Gasteiger partial charge in [-0.1, -0.05) is 55.8 Å². The van der Waals surface area contributed by atoms with Crippen LogP contribution >= 0.6 is 0 Å². The molecule has 104 valence electrons. The fraction of sp³-hybridized carbons (Fsp3) is 0.368. The Morgan fingerprint density at radius 3 is 2.65 bits per heavy atom. The van der Waals surface area contributed by atoms with E-state index in [0.717, 1.165) is 30.4 Å². The molecule has 1 aliphatic carbocycles. The molecule has 0 radical (unpaired) electrons. The maximum Gasteiger partial charge on any atom is 0.104 e. The zero-order chi connectivity index (χ0) is 13.9. The molecule has 0 aliphatic heterocycles. The number of aliphatic hydroxyl groups is 1. The van der Waals surface area contributed by atoms with Crippen LogP contribution in [0.1, 0.15) is 53.7 Å². The molecule has 1 N–H and O–H groups in total. The van der Waals surface area contributed by atoms with E-state index in [-0.39, 0.29) is 0 Å². The number of benzene rings is 2. The van der Waals surface area contributed by atoms with Crippen molar-refractivity contribution < 1.29 is 5.11 Å². The third-order valence-electron chi connectivity index (χ3n) is 4.24. The van der Waals surface area contributed by atoms with Gasteiger partial charge in [-0.05, 0) is 53.5 Å². The Balaban J connectivity index is 1.88. The summed E-state index contributed by atoms with van der Waals surface area (Å²) in [5, 5.41) is 10.6. The van der Waals surface area contributed by atoms with Crippen molar-refractivity contribution in [3.63, 3.8) is 0 Å².